The number of ether oxygens (including phenoxy) is 2. The molecule has 1 aromatic carbocycles. The molecule has 5 heteroatoms. The van der Waals surface area contributed by atoms with Crippen LogP contribution in [0.2, 0.25) is 0 Å². The fourth-order valence-electron chi connectivity index (χ4n) is 2.59. The maximum atomic E-state index is 12.2. The number of rotatable bonds is 5. The van der Waals surface area contributed by atoms with Gasteiger partial charge >= 0.3 is 0 Å². The molecule has 110 valence electrons. The van der Waals surface area contributed by atoms with Crippen LogP contribution in [-0.2, 0) is 9.53 Å². The Morgan fingerprint density at radius 3 is 2.95 bits per heavy atom. The lowest BCUT2D eigenvalue weighted by Crippen LogP contribution is -2.32. The Morgan fingerprint density at radius 2 is 2.25 bits per heavy atom. The van der Waals surface area contributed by atoms with E-state index in [1.54, 1.807) is 19.1 Å². The smallest absolute Gasteiger partial charge is 0.225 e. The van der Waals surface area contributed by atoms with E-state index in [1.165, 1.54) is 0 Å². The third-order valence-electron chi connectivity index (χ3n) is 3.60. The molecule has 0 unspecified atom stereocenters. The van der Waals surface area contributed by atoms with E-state index in [1.807, 2.05) is 24.3 Å². The maximum Gasteiger partial charge on any atom is 0.225 e. The van der Waals surface area contributed by atoms with Crippen molar-refractivity contribution in [2.45, 2.75) is 25.0 Å². The number of hydrogen-bond donors (Lipinski definition) is 1. The van der Waals surface area contributed by atoms with Crippen LogP contribution < -0.4 is 4.74 Å². The lowest BCUT2D eigenvalue weighted by atomic mass is 10.0. The van der Waals surface area contributed by atoms with E-state index >= 15 is 0 Å². The van der Waals surface area contributed by atoms with Gasteiger partial charge in [-0.3, -0.25) is 4.79 Å². The number of amides is 1. The summed E-state index contributed by atoms with van der Waals surface area (Å²) in [4.78, 5) is 13.9. The molecule has 1 N–H and O–H groups in total. The number of carbonyl (C=O) groups excluding carboxylic acids is 1. The van der Waals surface area contributed by atoms with E-state index in [2.05, 4.69) is 0 Å². The number of likely N-dealkylation sites (tertiary alicyclic amines) is 1. The van der Waals surface area contributed by atoms with E-state index in [0.29, 0.717) is 26.0 Å². The number of aliphatic hydroxyl groups is 1. The molecule has 0 bridgehead atoms. The Labute approximate surface area is 119 Å². The quantitative estimate of drug-likeness (QED) is 0.884. The van der Waals surface area contributed by atoms with Crippen LogP contribution in [0.4, 0.5) is 0 Å². The van der Waals surface area contributed by atoms with Gasteiger partial charge in [0.1, 0.15) is 5.75 Å². The first-order valence-electron chi connectivity index (χ1n) is 6.76. The fourth-order valence-corrected chi connectivity index (χ4v) is 2.59. The largest absolute Gasteiger partial charge is 0.497 e. The monoisotopic (exact) mass is 279 g/mol. The van der Waals surface area contributed by atoms with Gasteiger partial charge in [-0.15, -0.1) is 0 Å². The van der Waals surface area contributed by atoms with Crippen LogP contribution in [0.15, 0.2) is 24.3 Å². The molecule has 1 heterocycles. The van der Waals surface area contributed by atoms with Crippen LogP contribution in [0.5, 0.6) is 5.75 Å². The molecule has 1 aromatic rings. The number of aliphatic hydroxyl groups excluding tert-OH is 1. The Bertz CT molecular complexity index is 463. The number of hydrogen-bond acceptors (Lipinski definition) is 4. The molecule has 0 radical (unpaired) electrons. The molecular formula is C15H21NO4. The zero-order valence-electron chi connectivity index (χ0n) is 11.9. The van der Waals surface area contributed by atoms with Gasteiger partial charge in [0.15, 0.2) is 0 Å². The first-order chi connectivity index (χ1) is 9.65. The van der Waals surface area contributed by atoms with Crippen molar-refractivity contribution in [3.63, 3.8) is 0 Å². The van der Waals surface area contributed by atoms with Gasteiger partial charge in [0, 0.05) is 13.7 Å². The molecule has 2 rings (SSSR count). The number of methoxy groups -OCH3 is 2. The highest BCUT2D eigenvalue weighted by molar-refractivity contribution is 5.77. The minimum Gasteiger partial charge on any atom is -0.497 e. The van der Waals surface area contributed by atoms with Crippen molar-refractivity contribution in [1.29, 1.82) is 0 Å². The third-order valence-corrected chi connectivity index (χ3v) is 3.60. The highest BCUT2D eigenvalue weighted by Crippen LogP contribution is 2.34. The predicted octanol–water partition coefficient (Wildman–Crippen LogP) is 1.37. The SMILES string of the molecule is COCCC(=O)N1C[C@@H](O)C[C@@H]1c1cccc(OC)c1. The minimum absolute atomic E-state index is 0.0104. The summed E-state index contributed by atoms with van der Waals surface area (Å²) < 4.78 is 10.2. The normalized spacial score (nSPS) is 22.1. The van der Waals surface area contributed by atoms with Gasteiger partial charge in [0.25, 0.3) is 0 Å². The topological polar surface area (TPSA) is 59.0 Å². The summed E-state index contributed by atoms with van der Waals surface area (Å²) >= 11 is 0. The number of benzene rings is 1. The Kier molecular flexibility index (Phi) is 4.98. The van der Waals surface area contributed by atoms with Crippen molar-refractivity contribution in [1.82, 2.24) is 4.90 Å². The highest BCUT2D eigenvalue weighted by Gasteiger charge is 2.34. The van der Waals surface area contributed by atoms with Gasteiger partial charge < -0.3 is 19.5 Å². The van der Waals surface area contributed by atoms with Gasteiger partial charge in [-0.1, -0.05) is 12.1 Å². The van der Waals surface area contributed by atoms with Crippen LogP contribution in [0.25, 0.3) is 0 Å². The number of nitrogens with zero attached hydrogens (tertiary/aromatic N) is 1. The van der Waals surface area contributed by atoms with E-state index in [9.17, 15) is 9.90 Å². The highest BCUT2D eigenvalue weighted by atomic mass is 16.5. The summed E-state index contributed by atoms with van der Waals surface area (Å²) in [6.07, 6.45) is 0.424. The molecule has 1 aliphatic heterocycles. The fraction of sp³-hybridized carbons (Fsp3) is 0.533. The van der Waals surface area contributed by atoms with Crippen LogP contribution in [0.1, 0.15) is 24.4 Å². The maximum absolute atomic E-state index is 12.2. The van der Waals surface area contributed by atoms with Crippen molar-refractivity contribution in [3.8, 4) is 5.75 Å². The third kappa shape index (κ3) is 3.29. The van der Waals surface area contributed by atoms with Gasteiger partial charge in [0.2, 0.25) is 5.91 Å². The molecule has 1 saturated heterocycles. The van der Waals surface area contributed by atoms with Crippen molar-refractivity contribution >= 4 is 5.91 Å². The number of β-amino-alcohol motifs (C(OH)–C–C–N with tert-alkyl or cyclic N) is 1. The number of carbonyl (C=O) groups is 1. The zero-order valence-corrected chi connectivity index (χ0v) is 11.9. The van der Waals surface area contributed by atoms with Crippen LogP contribution in [-0.4, -0.2) is 49.4 Å². The molecule has 0 saturated carbocycles. The molecule has 1 aliphatic rings. The van der Waals surface area contributed by atoms with Gasteiger partial charge in [-0.25, -0.2) is 0 Å². The molecular weight excluding hydrogens is 258 g/mol. The Morgan fingerprint density at radius 1 is 1.45 bits per heavy atom. The minimum atomic E-state index is -0.474. The molecule has 1 fully saturated rings. The summed E-state index contributed by atoms with van der Waals surface area (Å²) in [6, 6.07) is 7.55. The Balaban J connectivity index is 2.16. The lowest BCUT2D eigenvalue weighted by molar-refractivity contribution is -0.133. The van der Waals surface area contributed by atoms with Gasteiger partial charge in [0.05, 0.1) is 32.3 Å². The van der Waals surface area contributed by atoms with Gasteiger partial charge in [-0.2, -0.15) is 0 Å². The van der Waals surface area contributed by atoms with Crippen molar-refractivity contribution in [3.05, 3.63) is 29.8 Å². The summed E-state index contributed by atoms with van der Waals surface area (Å²) in [5.41, 5.74) is 0.992. The average molecular weight is 279 g/mol. The summed E-state index contributed by atoms with van der Waals surface area (Å²) in [7, 11) is 3.19. The van der Waals surface area contributed by atoms with Crippen LogP contribution >= 0.6 is 0 Å². The molecule has 20 heavy (non-hydrogen) atoms. The molecule has 0 spiro atoms. The average Bonchev–Trinajstić information content (AvgIpc) is 2.87. The predicted molar refractivity (Wildman–Crippen MR) is 74.6 cm³/mol. The van der Waals surface area contributed by atoms with E-state index in [-0.39, 0.29) is 11.9 Å². The molecule has 1 amide bonds. The molecule has 0 aliphatic carbocycles. The zero-order chi connectivity index (χ0) is 14.5. The van der Waals surface area contributed by atoms with E-state index in [4.69, 9.17) is 9.47 Å². The molecule has 0 aromatic heterocycles. The van der Waals surface area contributed by atoms with Crippen molar-refractivity contribution in [2.75, 3.05) is 27.4 Å². The lowest BCUT2D eigenvalue weighted by Gasteiger charge is -2.25. The van der Waals surface area contributed by atoms with E-state index in [0.717, 1.165) is 11.3 Å². The standard InChI is InChI=1S/C15H21NO4/c1-19-7-6-15(18)16-10-12(17)9-14(16)11-4-3-5-13(8-11)20-2/h3-5,8,12,14,17H,6-7,9-10H2,1-2H3/t12-,14+/m0/s1. The van der Waals surface area contributed by atoms with Crippen molar-refractivity contribution < 1.29 is 19.4 Å². The second-order valence-corrected chi connectivity index (χ2v) is 4.97. The van der Waals surface area contributed by atoms with Crippen molar-refractivity contribution in [2.24, 2.45) is 0 Å². The summed E-state index contributed by atoms with van der Waals surface area (Å²) in [5, 5.41) is 9.88. The first kappa shape index (κ1) is 14.8. The first-order valence-corrected chi connectivity index (χ1v) is 6.76. The molecule has 2 atom stereocenters. The van der Waals surface area contributed by atoms with Crippen LogP contribution in [0.3, 0.4) is 0 Å². The van der Waals surface area contributed by atoms with E-state index < -0.39 is 6.10 Å². The second-order valence-electron chi connectivity index (χ2n) is 4.97. The second kappa shape index (κ2) is 6.72. The summed E-state index contributed by atoms with van der Waals surface area (Å²) in [5.74, 6) is 0.768. The van der Waals surface area contributed by atoms with Gasteiger partial charge in [-0.05, 0) is 24.1 Å². The summed E-state index contributed by atoms with van der Waals surface area (Å²) in [6.45, 7) is 0.778. The Hall–Kier alpha value is -1.59. The van der Waals surface area contributed by atoms with Crippen LogP contribution in [0, 0.1) is 0 Å². The molecule has 5 nitrogen and oxygen atoms in total.